The van der Waals surface area contributed by atoms with Crippen molar-refractivity contribution in [1.29, 1.82) is 0 Å². The van der Waals surface area contributed by atoms with Crippen molar-refractivity contribution >= 4 is 29.3 Å². The van der Waals surface area contributed by atoms with Crippen molar-refractivity contribution in [3.05, 3.63) is 11.8 Å². The molecule has 1 fully saturated rings. The average molecular weight is 244 g/mol. The molecule has 4 heteroatoms. The van der Waals surface area contributed by atoms with Gasteiger partial charge in [0.15, 0.2) is 5.78 Å². The quantitative estimate of drug-likeness (QED) is 0.762. The molecular formula is C11H16O2S2. The first-order valence-electron chi connectivity index (χ1n) is 5.41. The number of hydrogen-bond donors (Lipinski definition) is 0. The Bertz CT molecular complexity index is 276. The summed E-state index contributed by atoms with van der Waals surface area (Å²) in [6.45, 7) is 2.85. The molecule has 0 bridgehead atoms. The molecular weight excluding hydrogens is 228 g/mol. The summed E-state index contributed by atoms with van der Waals surface area (Å²) < 4.78 is 5.14. The van der Waals surface area contributed by atoms with Crippen LogP contribution in [0.2, 0.25) is 0 Å². The summed E-state index contributed by atoms with van der Waals surface area (Å²) in [4.78, 5) is 12.2. The summed E-state index contributed by atoms with van der Waals surface area (Å²) in [5, 5.41) is 0.666. The van der Waals surface area contributed by atoms with Crippen molar-refractivity contribution in [2.45, 2.75) is 30.3 Å². The van der Waals surface area contributed by atoms with E-state index in [1.807, 2.05) is 23.5 Å². The molecule has 0 aromatic rings. The molecule has 2 rings (SSSR count). The standard InChI is InChI=1S/C11H16O2S2/c1-2-9-11(15-6-5-14-9)10(12)8-3-4-13-7-8/h7,9,11H,2-6H2,1H3. The third-order valence-corrected chi connectivity index (χ3v) is 5.99. The van der Waals surface area contributed by atoms with Gasteiger partial charge in [-0.1, -0.05) is 6.92 Å². The van der Waals surface area contributed by atoms with Gasteiger partial charge in [0.2, 0.25) is 0 Å². The number of ketones is 1. The largest absolute Gasteiger partial charge is 0.500 e. The van der Waals surface area contributed by atoms with E-state index in [-0.39, 0.29) is 5.25 Å². The maximum Gasteiger partial charge on any atom is 0.176 e. The molecule has 0 spiro atoms. The van der Waals surface area contributed by atoms with Crippen molar-refractivity contribution in [3.63, 3.8) is 0 Å². The predicted octanol–water partition coefficient (Wildman–Crippen LogP) is 2.49. The van der Waals surface area contributed by atoms with Crippen LogP contribution in [0.25, 0.3) is 0 Å². The van der Waals surface area contributed by atoms with Gasteiger partial charge >= 0.3 is 0 Å². The number of thioether (sulfide) groups is 2. The molecule has 0 aliphatic carbocycles. The minimum absolute atomic E-state index is 0.168. The van der Waals surface area contributed by atoms with Crippen LogP contribution in [0.15, 0.2) is 11.8 Å². The van der Waals surface area contributed by atoms with Crippen LogP contribution in [0.3, 0.4) is 0 Å². The van der Waals surface area contributed by atoms with Crippen LogP contribution < -0.4 is 0 Å². The lowest BCUT2D eigenvalue weighted by molar-refractivity contribution is -0.115. The lowest BCUT2D eigenvalue weighted by Gasteiger charge is -2.28. The van der Waals surface area contributed by atoms with Crippen molar-refractivity contribution in [3.8, 4) is 0 Å². The molecule has 2 aliphatic rings. The predicted molar refractivity (Wildman–Crippen MR) is 66.4 cm³/mol. The maximum absolute atomic E-state index is 12.2. The summed E-state index contributed by atoms with van der Waals surface area (Å²) >= 11 is 3.77. The van der Waals surface area contributed by atoms with E-state index in [0.29, 0.717) is 17.6 Å². The van der Waals surface area contributed by atoms with E-state index in [1.54, 1.807) is 6.26 Å². The van der Waals surface area contributed by atoms with Gasteiger partial charge in [-0.3, -0.25) is 4.79 Å². The first kappa shape index (κ1) is 11.4. The highest BCUT2D eigenvalue weighted by Gasteiger charge is 2.33. The zero-order valence-electron chi connectivity index (χ0n) is 8.90. The fraction of sp³-hybridized carbons (Fsp3) is 0.727. The Balaban J connectivity index is 2.03. The molecule has 2 nitrogen and oxygen atoms in total. The van der Waals surface area contributed by atoms with Crippen LogP contribution in [0.4, 0.5) is 0 Å². The van der Waals surface area contributed by atoms with Gasteiger partial charge in [0.05, 0.1) is 18.1 Å². The van der Waals surface area contributed by atoms with E-state index in [2.05, 4.69) is 6.92 Å². The zero-order chi connectivity index (χ0) is 10.7. The van der Waals surface area contributed by atoms with Crippen LogP contribution in [-0.2, 0) is 9.53 Å². The fourth-order valence-corrected chi connectivity index (χ4v) is 4.94. The third kappa shape index (κ3) is 2.53. The molecule has 0 aromatic heterocycles. The van der Waals surface area contributed by atoms with Crippen LogP contribution >= 0.6 is 23.5 Å². The maximum atomic E-state index is 12.2. The molecule has 2 heterocycles. The minimum atomic E-state index is 0.168. The van der Waals surface area contributed by atoms with Crippen LogP contribution in [0.1, 0.15) is 19.8 Å². The molecule has 0 N–H and O–H groups in total. The minimum Gasteiger partial charge on any atom is -0.500 e. The first-order valence-corrected chi connectivity index (χ1v) is 7.50. The zero-order valence-corrected chi connectivity index (χ0v) is 10.5. The van der Waals surface area contributed by atoms with E-state index in [4.69, 9.17) is 4.74 Å². The Labute approximate surface area is 99.2 Å². The summed E-state index contributed by atoms with van der Waals surface area (Å²) in [5.41, 5.74) is 0.897. The van der Waals surface area contributed by atoms with Crippen molar-refractivity contribution in [2.75, 3.05) is 18.1 Å². The Morgan fingerprint density at radius 1 is 1.53 bits per heavy atom. The first-order chi connectivity index (χ1) is 7.33. The van der Waals surface area contributed by atoms with Crippen LogP contribution in [0, 0.1) is 0 Å². The number of carbonyl (C=O) groups is 1. The van der Waals surface area contributed by atoms with Crippen molar-refractivity contribution in [2.24, 2.45) is 0 Å². The molecule has 84 valence electrons. The van der Waals surface area contributed by atoms with Crippen LogP contribution in [-0.4, -0.2) is 34.4 Å². The SMILES string of the molecule is CCC1SCCSC1C(=O)C1=COCC1. The van der Waals surface area contributed by atoms with E-state index >= 15 is 0 Å². The molecule has 2 atom stereocenters. The lowest BCUT2D eigenvalue weighted by Crippen LogP contribution is -2.33. The molecule has 0 radical (unpaired) electrons. The number of hydrogen-bond acceptors (Lipinski definition) is 4. The Morgan fingerprint density at radius 3 is 3.00 bits per heavy atom. The Morgan fingerprint density at radius 2 is 2.33 bits per heavy atom. The van der Waals surface area contributed by atoms with Gasteiger partial charge < -0.3 is 4.74 Å². The second-order valence-electron chi connectivity index (χ2n) is 3.74. The number of ether oxygens (including phenoxy) is 1. The third-order valence-electron chi connectivity index (χ3n) is 2.74. The topological polar surface area (TPSA) is 26.3 Å². The second-order valence-corrected chi connectivity index (χ2v) is 6.33. The Hall–Kier alpha value is -0.0900. The van der Waals surface area contributed by atoms with E-state index in [0.717, 1.165) is 24.2 Å². The number of Topliss-reactive ketones (excluding diaryl/α,β-unsaturated/α-hetero) is 1. The van der Waals surface area contributed by atoms with Gasteiger partial charge in [0.25, 0.3) is 0 Å². The van der Waals surface area contributed by atoms with Crippen molar-refractivity contribution in [1.82, 2.24) is 0 Å². The highest BCUT2D eigenvalue weighted by Crippen LogP contribution is 2.35. The Kier molecular flexibility index (Phi) is 4.03. The average Bonchev–Trinajstić information content (AvgIpc) is 2.81. The van der Waals surface area contributed by atoms with Gasteiger partial charge in [-0.05, 0) is 6.42 Å². The van der Waals surface area contributed by atoms with Gasteiger partial charge in [0, 0.05) is 28.7 Å². The molecule has 1 saturated heterocycles. The normalized spacial score (nSPS) is 30.9. The molecule has 0 aromatic carbocycles. The second kappa shape index (κ2) is 5.30. The van der Waals surface area contributed by atoms with Gasteiger partial charge in [-0.15, -0.1) is 11.8 Å². The van der Waals surface area contributed by atoms with Crippen molar-refractivity contribution < 1.29 is 9.53 Å². The molecule has 0 saturated carbocycles. The summed E-state index contributed by atoms with van der Waals surface area (Å²) in [7, 11) is 0. The van der Waals surface area contributed by atoms with Gasteiger partial charge in [-0.25, -0.2) is 0 Å². The molecule has 2 aliphatic heterocycles. The molecule has 15 heavy (non-hydrogen) atoms. The highest BCUT2D eigenvalue weighted by atomic mass is 32.2. The molecule has 2 unspecified atom stereocenters. The van der Waals surface area contributed by atoms with Crippen LogP contribution in [0.5, 0.6) is 0 Å². The van der Waals surface area contributed by atoms with E-state index in [1.165, 1.54) is 5.75 Å². The summed E-state index contributed by atoms with van der Waals surface area (Å²) in [5.74, 6) is 2.60. The van der Waals surface area contributed by atoms with Gasteiger partial charge in [-0.2, -0.15) is 11.8 Å². The number of rotatable bonds is 3. The number of carbonyl (C=O) groups excluding carboxylic acids is 1. The smallest absolute Gasteiger partial charge is 0.176 e. The van der Waals surface area contributed by atoms with Gasteiger partial charge in [0.1, 0.15) is 0 Å². The summed E-state index contributed by atoms with van der Waals surface area (Å²) in [6.07, 6.45) is 3.55. The van der Waals surface area contributed by atoms with E-state index < -0.39 is 0 Å². The summed E-state index contributed by atoms with van der Waals surface area (Å²) in [6, 6.07) is 0. The molecule has 0 amide bonds. The fourth-order valence-electron chi connectivity index (χ4n) is 1.90. The highest BCUT2D eigenvalue weighted by molar-refractivity contribution is 8.07. The monoisotopic (exact) mass is 244 g/mol. The lowest BCUT2D eigenvalue weighted by atomic mass is 10.0. The van der Waals surface area contributed by atoms with E-state index in [9.17, 15) is 4.79 Å².